The molecule has 0 aromatic heterocycles. The normalized spacial score (nSPS) is 17.4. The molecule has 2 unspecified atom stereocenters. The highest BCUT2D eigenvalue weighted by Gasteiger charge is 2.25. The summed E-state index contributed by atoms with van der Waals surface area (Å²) in [4.78, 5) is 10.5. The fraction of sp³-hybridized carbons (Fsp3) is 0.833. The van der Waals surface area contributed by atoms with Gasteiger partial charge in [-0.1, -0.05) is 6.92 Å². The van der Waals surface area contributed by atoms with Crippen molar-refractivity contribution in [3.8, 4) is 0 Å². The third-order valence-corrected chi connectivity index (χ3v) is 3.59. The standard InChI is InChI=1S/C6H13NO3S/c1-4(6(7)8)5(2)11(3,9)10/h4-5H,1-3H3,(H2,7,8). The number of carbonyl (C=O) groups is 1. The van der Waals surface area contributed by atoms with E-state index in [0.717, 1.165) is 6.26 Å². The Kier molecular flexibility index (Phi) is 3.04. The highest BCUT2D eigenvalue weighted by atomic mass is 32.2. The molecule has 0 aliphatic carbocycles. The molecule has 66 valence electrons. The summed E-state index contributed by atoms with van der Waals surface area (Å²) in [7, 11) is -3.15. The van der Waals surface area contributed by atoms with E-state index in [4.69, 9.17) is 5.73 Å². The van der Waals surface area contributed by atoms with Crippen LogP contribution in [0.5, 0.6) is 0 Å². The number of rotatable bonds is 3. The summed E-state index contributed by atoms with van der Waals surface area (Å²) in [6.07, 6.45) is 1.09. The molecular weight excluding hydrogens is 166 g/mol. The molecule has 0 heterocycles. The molecule has 1 amide bonds. The number of hydrogen-bond donors (Lipinski definition) is 1. The van der Waals surface area contributed by atoms with E-state index in [1.807, 2.05) is 0 Å². The Bertz CT molecular complexity index is 245. The Morgan fingerprint density at radius 2 is 1.73 bits per heavy atom. The second kappa shape index (κ2) is 3.21. The molecule has 2 atom stereocenters. The Morgan fingerprint density at radius 3 is 1.82 bits per heavy atom. The van der Waals surface area contributed by atoms with Crippen molar-refractivity contribution < 1.29 is 13.2 Å². The average molecular weight is 179 g/mol. The molecule has 0 bridgehead atoms. The van der Waals surface area contributed by atoms with E-state index in [2.05, 4.69) is 0 Å². The van der Waals surface area contributed by atoms with Crippen molar-refractivity contribution in [3.63, 3.8) is 0 Å². The minimum atomic E-state index is -3.15. The largest absolute Gasteiger partial charge is 0.369 e. The average Bonchev–Trinajstić information content (AvgIpc) is 1.82. The van der Waals surface area contributed by atoms with Crippen LogP contribution in [-0.4, -0.2) is 25.8 Å². The van der Waals surface area contributed by atoms with Crippen LogP contribution in [0.25, 0.3) is 0 Å². The third kappa shape index (κ3) is 2.88. The minimum Gasteiger partial charge on any atom is -0.369 e. The highest BCUT2D eigenvalue weighted by molar-refractivity contribution is 7.91. The van der Waals surface area contributed by atoms with E-state index in [1.54, 1.807) is 0 Å². The summed E-state index contributed by atoms with van der Waals surface area (Å²) in [6.45, 7) is 2.98. The van der Waals surface area contributed by atoms with Gasteiger partial charge < -0.3 is 5.73 Å². The van der Waals surface area contributed by atoms with Crippen molar-refractivity contribution >= 4 is 15.7 Å². The molecule has 5 heteroatoms. The van der Waals surface area contributed by atoms with Crippen LogP contribution < -0.4 is 5.73 Å². The molecule has 4 nitrogen and oxygen atoms in total. The van der Waals surface area contributed by atoms with Gasteiger partial charge in [0.15, 0.2) is 9.84 Å². The molecule has 2 N–H and O–H groups in total. The van der Waals surface area contributed by atoms with E-state index >= 15 is 0 Å². The second-order valence-electron chi connectivity index (χ2n) is 2.73. The van der Waals surface area contributed by atoms with Crippen LogP contribution in [0.3, 0.4) is 0 Å². The zero-order valence-corrected chi connectivity index (χ0v) is 7.68. The maximum atomic E-state index is 10.9. The van der Waals surface area contributed by atoms with Crippen LogP contribution in [0.4, 0.5) is 0 Å². The lowest BCUT2D eigenvalue weighted by Crippen LogP contribution is -2.34. The molecule has 0 aromatic carbocycles. The SMILES string of the molecule is CC(C(N)=O)C(C)S(C)(=O)=O. The molecule has 0 radical (unpaired) electrons. The van der Waals surface area contributed by atoms with E-state index in [-0.39, 0.29) is 0 Å². The van der Waals surface area contributed by atoms with Crippen molar-refractivity contribution in [2.24, 2.45) is 11.7 Å². The lowest BCUT2D eigenvalue weighted by molar-refractivity contribution is -0.121. The van der Waals surface area contributed by atoms with Gasteiger partial charge in [0, 0.05) is 6.26 Å². The van der Waals surface area contributed by atoms with Gasteiger partial charge in [0.25, 0.3) is 0 Å². The lowest BCUT2D eigenvalue weighted by atomic mass is 10.1. The molecular formula is C6H13NO3S. The van der Waals surface area contributed by atoms with Gasteiger partial charge in [0.2, 0.25) is 5.91 Å². The number of primary amides is 1. The quantitative estimate of drug-likeness (QED) is 0.637. The molecule has 0 fully saturated rings. The second-order valence-corrected chi connectivity index (χ2v) is 5.13. The number of hydrogen-bond acceptors (Lipinski definition) is 3. The number of nitrogens with two attached hydrogens (primary N) is 1. The van der Waals surface area contributed by atoms with Crippen LogP contribution in [-0.2, 0) is 14.6 Å². The lowest BCUT2D eigenvalue weighted by Gasteiger charge is -2.13. The summed E-state index contributed by atoms with van der Waals surface area (Å²) < 4.78 is 21.7. The molecule has 0 saturated heterocycles. The summed E-state index contributed by atoms with van der Waals surface area (Å²) >= 11 is 0. The van der Waals surface area contributed by atoms with Crippen LogP contribution in [0.2, 0.25) is 0 Å². The van der Waals surface area contributed by atoms with Gasteiger partial charge in [0.1, 0.15) is 0 Å². The first-order chi connectivity index (χ1) is 4.76. The fourth-order valence-electron chi connectivity index (χ4n) is 0.602. The van der Waals surface area contributed by atoms with Crippen LogP contribution in [0, 0.1) is 5.92 Å². The molecule has 0 rings (SSSR count). The number of amides is 1. The maximum absolute atomic E-state index is 10.9. The zero-order valence-electron chi connectivity index (χ0n) is 6.87. The number of sulfone groups is 1. The highest BCUT2D eigenvalue weighted by Crippen LogP contribution is 2.09. The van der Waals surface area contributed by atoms with Gasteiger partial charge in [-0.2, -0.15) is 0 Å². The van der Waals surface area contributed by atoms with Crippen LogP contribution >= 0.6 is 0 Å². The smallest absolute Gasteiger partial charge is 0.221 e. The summed E-state index contributed by atoms with van der Waals surface area (Å²) in [5, 5.41) is -0.694. The van der Waals surface area contributed by atoms with Gasteiger partial charge >= 0.3 is 0 Å². The molecule has 0 aromatic rings. The van der Waals surface area contributed by atoms with Crippen molar-refractivity contribution in [2.75, 3.05) is 6.26 Å². The van der Waals surface area contributed by atoms with Crippen molar-refractivity contribution in [2.45, 2.75) is 19.1 Å². The van der Waals surface area contributed by atoms with Gasteiger partial charge in [-0.05, 0) is 6.92 Å². The fourth-order valence-corrected chi connectivity index (χ4v) is 1.48. The summed E-state index contributed by atoms with van der Waals surface area (Å²) in [6, 6.07) is 0. The maximum Gasteiger partial charge on any atom is 0.221 e. The Balaban J connectivity index is 4.51. The third-order valence-electron chi connectivity index (χ3n) is 1.83. The molecule has 0 aliphatic heterocycles. The van der Waals surface area contributed by atoms with Gasteiger partial charge in [-0.3, -0.25) is 4.79 Å². The van der Waals surface area contributed by atoms with E-state index in [1.165, 1.54) is 13.8 Å². The monoisotopic (exact) mass is 179 g/mol. The van der Waals surface area contributed by atoms with Crippen molar-refractivity contribution in [1.82, 2.24) is 0 Å². The van der Waals surface area contributed by atoms with E-state index in [0.29, 0.717) is 0 Å². The predicted octanol–water partition coefficient (Wildman–Crippen LogP) is -0.459. The Labute approximate surface area is 66.7 Å². The van der Waals surface area contributed by atoms with E-state index < -0.39 is 26.9 Å². The topological polar surface area (TPSA) is 77.2 Å². The van der Waals surface area contributed by atoms with Crippen molar-refractivity contribution in [1.29, 1.82) is 0 Å². The first-order valence-corrected chi connectivity index (χ1v) is 5.20. The van der Waals surface area contributed by atoms with E-state index in [9.17, 15) is 13.2 Å². The van der Waals surface area contributed by atoms with Gasteiger partial charge in [-0.25, -0.2) is 8.42 Å². The molecule has 0 spiro atoms. The summed E-state index contributed by atoms with van der Waals surface area (Å²) in [5.41, 5.74) is 4.93. The molecule has 11 heavy (non-hydrogen) atoms. The molecule has 0 aliphatic rings. The Morgan fingerprint density at radius 1 is 1.36 bits per heavy atom. The first kappa shape index (κ1) is 10.4. The zero-order chi connectivity index (χ0) is 9.23. The first-order valence-electron chi connectivity index (χ1n) is 3.25. The minimum absolute atomic E-state index is 0.581. The Hall–Kier alpha value is -0.580. The van der Waals surface area contributed by atoms with Crippen LogP contribution in [0.15, 0.2) is 0 Å². The van der Waals surface area contributed by atoms with Gasteiger partial charge in [0.05, 0.1) is 11.2 Å². The predicted molar refractivity (Wildman–Crippen MR) is 42.7 cm³/mol. The van der Waals surface area contributed by atoms with Crippen molar-refractivity contribution in [3.05, 3.63) is 0 Å². The summed E-state index contributed by atoms with van der Waals surface area (Å²) in [5.74, 6) is -1.20. The molecule has 0 saturated carbocycles. The van der Waals surface area contributed by atoms with Gasteiger partial charge in [-0.15, -0.1) is 0 Å². The number of carbonyl (C=O) groups excluding carboxylic acids is 1. The van der Waals surface area contributed by atoms with Crippen LogP contribution in [0.1, 0.15) is 13.8 Å².